The lowest BCUT2D eigenvalue weighted by Gasteiger charge is -2.24. The molecule has 0 saturated carbocycles. The Balaban J connectivity index is 1.70. The third-order valence-electron chi connectivity index (χ3n) is 3.23. The highest BCUT2D eigenvalue weighted by atomic mass is 35.5. The number of halogens is 2. The molecule has 5 heteroatoms. The number of fused-ring (bicyclic) bond motifs is 1. The number of ether oxygens (including phenoxy) is 1. The van der Waals surface area contributed by atoms with Gasteiger partial charge in [-0.2, -0.15) is 0 Å². The first-order valence-corrected chi connectivity index (χ1v) is 7.85. The zero-order valence-electron chi connectivity index (χ0n) is 11.0. The van der Waals surface area contributed by atoms with E-state index in [9.17, 15) is 9.18 Å². The van der Waals surface area contributed by atoms with Gasteiger partial charge in [0.2, 0.25) is 0 Å². The molecule has 3 rings (SSSR count). The van der Waals surface area contributed by atoms with Gasteiger partial charge in [-0.3, -0.25) is 4.79 Å². The van der Waals surface area contributed by atoms with Crippen LogP contribution in [0, 0.1) is 5.82 Å². The molecule has 21 heavy (non-hydrogen) atoms. The molecule has 1 aliphatic heterocycles. The molecule has 1 aliphatic rings. The van der Waals surface area contributed by atoms with Gasteiger partial charge in [0.1, 0.15) is 11.6 Å². The molecule has 0 bridgehead atoms. The summed E-state index contributed by atoms with van der Waals surface area (Å²) in [5.41, 5.74) is 0.693. The van der Waals surface area contributed by atoms with Crippen LogP contribution in [0.3, 0.4) is 0 Å². The number of carbonyl (C=O) groups excluding carboxylic acids is 1. The van der Waals surface area contributed by atoms with Gasteiger partial charge in [-0.25, -0.2) is 4.39 Å². The molecular weight excluding hydrogens is 311 g/mol. The van der Waals surface area contributed by atoms with Gasteiger partial charge in [0.15, 0.2) is 11.9 Å². The SMILES string of the molecule is O=C(Cc1ccc(F)c(Cl)c1)C1CSc2ccccc2O1. The largest absolute Gasteiger partial charge is 0.481 e. The van der Waals surface area contributed by atoms with Crippen LogP contribution in [-0.4, -0.2) is 17.6 Å². The number of ketones is 1. The molecule has 0 amide bonds. The van der Waals surface area contributed by atoms with Crippen LogP contribution in [0.15, 0.2) is 47.4 Å². The van der Waals surface area contributed by atoms with Gasteiger partial charge in [0, 0.05) is 17.1 Å². The zero-order chi connectivity index (χ0) is 14.8. The quantitative estimate of drug-likeness (QED) is 0.849. The number of hydrogen-bond donors (Lipinski definition) is 0. The monoisotopic (exact) mass is 322 g/mol. The fourth-order valence-electron chi connectivity index (χ4n) is 2.14. The molecule has 1 heterocycles. The number of benzene rings is 2. The maximum Gasteiger partial charge on any atom is 0.178 e. The summed E-state index contributed by atoms with van der Waals surface area (Å²) in [6.07, 6.45) is -0.290. The summed E-state index contributed by atoms with van der Waals surface area (Å²) < 4.78 is 18.9. The molecule has 1 atom stereocenters. The number of para-hydroxylation sites is 1. The van der Waals surface area contributed by atoms with Crippen LogP contribution in [0.2, 0.25) is 5.02 Å². The van der Waals surface area contributed by atoms with Crippen LogP contribution in [0.4, 0.5) is 4.39 Å². The molecule has 0 spiro atoms. The van der Waals surface area contributed by atoms with E-state index in [1.54, 1.807) is 17.8 Å². The predicted octanol–water partition coefficient (Wildman–Crippen LogP) is 4.14. The number of Topliss-reactive ketones (excluding diaryl/α,β-unsaturated/α-hetero) is 1. The van der Waals surface area contributed by atoms with Crippen molar-refractivity contribution in [2.45, 2.75) is 17.4 Å². The Morgan fingerprint density at radius 2 is 2.14 bits per heavy atom. The average molecular weight is 323 g/mol. The minimum absolute atomic E-state index is 0.0281. The first-order valence-electron chi connectivity index (χ1n) is 6.48. The van der Waals surface area contributed by atoms with E-state index in [0.717, 1.165) is 10.6 Å². The Hall–Kier alpha value is -1.52. The van der Waals surface area contributed by atoms with E-state index < -0.39 is 11.9 Å². The number of carbonyl (C=O) groups is 1. The minimum atomic E-state index is -0.480. The Kier molecular flexibility index (Phi) is 4.17. The summed E-state index contributed by atoms with van der Waals surface area (Å²) in [6, 6.07) is 12.0. The van der Waals surface area contributed by atoms with Gasteiger partial charge >= 0.3 is 0 Å². The Labute approximate surface area is 131 Å². The number of hydrogen-bond acceptors (Lipinski definition) is 3. The van der Waals surface area contributed by atoms with E-state index in [1.807, 2.05) is 24.3 Å². The summed E-state index contributed by atoms with van der Waals surface area (Å²) in [5.74, 6) is 0.820. The third kappa shape index (κ3) is 3.22. The van der Waals surface area contributed by atoms with Crippen LogP contribution in [0.5, 0.6) is 5.75 Å². The Morgan fingerprint density at radius 3 is 2.95 bits per heavy atom. The van der Waals surface area contributed by atoms with Crippen molar-refractivity contribution in [1.29, 1.82) is 0 Å². The first kappa shape index (κ1) is 14.4. The fraction of sp³-hybridized carbons (Fsp3) is 0.188. The molecular formula is C16H12ClFO2S. The Bertz CT molecular complexity index is 690. The van der Waals surface area contributed by atoms with E-state index in [-0.39, 0.29) is 17.2 Å². The van der Waals surface area contributed by atoms with Crippen molar-refractivity contribution < 1.29 is 13.9 Å². The summed E-state index contributed by atoms with van der Waals surface area (Å²) >= 11 is 7.34. The van der Waals surface area contributed by atoms with Crippen LogP contribution >= 0.6 is 23.4 Å². The van der Waals surface area contributed by atoms with Crippen LogP contribution < -0.4 is 4.74 Å². The highest BCUT2D eigenvalue weighted by Crippen LogP contribution is 2.35. The smallest absolute Gasteiger partial charge is 0.178 e. The summed E-state index contributed by atoms with van der Waals surface area (Å²) in [4.78, 5) is 13.3. The topological polar surface area (TPSA) is 26.3 Å². The molecule has 0 radical (unpaired) electrons. The lowest BCUT2D eigenvalue weighted by molar-refractivity contribution is -0.124. The first-order chi connectivity index (χ1) is 10.1. The van der Waals surface area contributed by atoms with Crippen LogP contribution in [-0.2, 0) is 11.2 Å². The molecule has 0 fully saturated rings. The Morgan fingerprint density at radius 1 is 1.33 bits per heavy atom. The molecule has 2 aromatic rings. The van der Waals surface area contributed by atoms with Gasteiger partial charge in [-0.15, -0.1) is 11.8 Å². The van der Waals surface area contributed by atoms with E-state index in [4.69, 9.17) is 16.3 Å². The van der Waals surface area contributed by atoms with E-state index in [2.05, 4.69) is 0 Å². The van der Waals surface area contributed by atoms with Crippen molar-refractivity contribution in [3.63, 3.8) is 0 Å². The normalized spacial score (nSPS) is 17.0. The fourth-order valence-corrected chi connectivity index (χ4v) is 3.36. The summed E-state index contributed by atoms with van der Waals surface area (Å²) in [6.45, 7) is 0. The summed E-state index contributed by atoms with van der Waals surface area (Å²) in [7, 11) is 0. The van der Waals surface area contributed by atoms with Crippen LogP contribution in [0.1, 0.15) is 5.56 Å². The van der Waals surface area contributed by atoms with Gasteiger partial charge in [0.05, 0.1) is 5.02 Å². The van der Waals surface area contributed by atoms with Crippen molar-refractivity contribution >= 4 is 29.1 Å². The second-order valence-corrected chi connectivity index (χ2v) is 6.22. The minimum Gasteiger partial charge on any atom is -0.481 e. The predicted molar refractivity (Wildman–Crippen MR) is 81.7 cm³/mol. The van der Waals surface area contributed by atoms with Gasteiger partial charge in [-0.1, -0.05) is 29.8 Å². The standard InChI is InChI=1S/C16H12ClFO2S/c17-11-7-10(5-6-12(11)18)8-13(19)15-9-21-16-4-2-1-3-14(16)20-15/h1-7,15H,8-9H2. The van der Waals surface area contributed by atoms with Crippen molar-refractivity contribution in [3.05, 3.63) is 58.9 Å². The number of thioether (sulfide) groups is 1. The number of rotatable bonds is 3. The lowest BCUT2D eigenvalue weighted by atomic mass is 10.1. The lowest BCUT2D eigenvalue weighted by Crippen LogP contribution is -2.33. The average Bonchev–Trinajstić information content (AvgIpc) is 2.50. The second kappa shape index (κ2) is 6.08. The van der Waals surface area contributed by atoms with Gasteiger partial charge in [-0.05, 0) is 29.8 Å². The zero-order valence-corrected chi connectivity index (χ0v) is 12.6. The van der Waals surface area contributed by atoms with Crippen LogP contribution in [0.25, 0.3) is 0 Å². The maximum atomic E-state index is 13.1. The maximum absolute atomic E-state index is 13.1. The van der Waals surface area contributed by atoms with E-state index in [0.29, 0.717) is 11.3 Å². The molecule has 0 aromatic heterocycles. The highest BCUT2D eigenvalue weighted by Gasteiger charge is 2.26. The molecule has 2 aromatic carbocycles. The van der Waals surface area contributed by atoms with Crippen molar-refractivity contribution in [2.75, 3.05) is 5.75 Å². The van der Waals surface area contributed by atoms with E-state index in [1.165, 1.54) is 12.1 Å². The summed E-state index contributed by atoms with van der Waals surface area (Å²) in [5, 5.41) is 0.0320. The van der Waals surface area contributed by atoms with E-state index >= 15 is 0 Å². The van der Waals surface area contributed by atoms with Crippen molar-refractivity contribution in [3.8, 4) is 5.75 Å². The van der Waals surface area contributed by atoms with Crippen molar-refractivity contribution in [1.82, 2.24) is 0 Å². The highest BCUT2D eigenvalue weighted by molar-refractivity contribution is 7.99. The molecule has 0 N–H and O–H groups in total. The van der Waals surface area contributed by atoms with Gasteiger partial charge in [0.25, 0.3) is 0 Å². The molecule has 108 valence electrons. The second-order valence-electron chi connectivity index (χ2n) is 4.76. The molecule has 0 saturated heterocycles. The molecule has 2 nitrogen and oxygen atoms in total. The van der Waals surface area contributed by atoms with Gasteiger partial charge < -0.3 is 4.74 Å². The van der Waals surface area contributed by atoms with Crippen molar-refractivity contribution in [2.24, 2.45) is 0 Å². The molecule has 0 aliphatic carbocycles. The third-order valence-corrected chi connectivity index (χ3v) is 4.64. The molecule has 1 unspecified atom stereocenters.